The molecule has 1 unspecified atom stereocenters. The summed E-state index contributed by atoms with van der Waals surface area (Å²) in [5.41, 5.74) is 8.57. The lowest BCUT2D eigenvalue weighted by Crippen LogP contribution is -2.38. The summed E-state index contributed by atoms with van der Waals surface area (Å²) in [5.74, 6) is 0. The Morgan fingerprint density at radius 3 is 2.50 bits per heavy atom. The number of nitrogens with zero attached hydrogens (tertiary/aromatic N) is 1. The van der Waals surface area contributed by atoms with Crippen LogP contribution in [0.5, 0.6) is 0 Å². The summed E-state index contributed by atoms with van der Waals surface area (Å²) >= 11 is 0. The van der Waals surface area contributed by atoms with Crippen molar-refractivity contribution in [3.63, 3.8) is 0 Å². The molecule has 0 fully saturated rings. The molecule has 2 heteroatoms. The molecular formula is C16H28N2. The molecule has 1 rings (SSSR count). The Balaban J connectivity index is 2.56. The molecule has 0 spiro atoms. The first-order chi connectivity index (χ1) is 8.70. The van der Waals surface area contributed by atoms with Gasteiger partial charge in [-0.05, 0) is 25.0 Å². The van der Waals surface area contributed by atoms with Gasteiger partial charge in [-0.3, -0.25) is 0 Å². The van der Waals surface area contributed by atoms with Crippen molar-refractivity contribution >= 4 is 5.69 Å². The standard InChI is InChI=1S/C16H28N2/c1-4-5-6-7-11-15(13-17)18(3)16-12-9-8-10-14(16)2/h8-10,12,15H,4-7,11,13,17H2,1-3H3. The Morgan fingerprint density at radius 1 is 1.17 bits per heavy atom. The molecule has 1 aromatic carbocycles. The van der Waals surface area contributed by atoms with E-state index >= 15 is 0 Å². The van der Waals surface area contributed by atoms with Crippen molar-refractivity contribution in [2.45, 2.75) is 52.0 Å². The van der Waals surface area contributed by atoms with Crippen LogP contribution >= 0.6 is 0 Å². The molecule has 0 saturated carbocycles. The lowest BCUT2D eigenvalue weighted by molar-refractivity contribution is 0.534. The monoisotopic (exact) mass is 248 g/mol. The number of aryl methyl sites for hydroxylation is 1. The first kappa shape index (κ1) is 15.0. The zero-order chi connectivity index (χ0) is 13.4. The van der Waals surface area contributed by atoms with Crippen LogP contribution in [-0.4, -0.2) is 19.6 Å². The van der Waals surface area contributed by atoms with E-state index < -0.39 is 0 Å². The van der Waals surface area contributed by atoms with Gasteiger partial charge in [0.15, 0.2) is 0 Å². The van der Waals surface area contributed by atoms with E-state index in [1.54, 1.807) is 0 Å². The molecule has 1 aromatic rings. The van der Waals surface area contributed by atoms with E-state index in [2.05, 4.69) is 50.1 Å². The number of hydrogen-bond acceptors (Lipinski definition) is 2. The first-order valence-electron chi connectivity index (χ1n) is 7.19. The second kappa shape index (κ2) is 8.15. The molecule has 102 valence electrons. The predicted octanol–water partition coefficient (Wildman–Crippen LogP) is 3.73. The van der Waals surface area contributed by atoms with Crippen LogP contribution in [0.3, 0.4) is 0 Å². The van der Waals surface area contributed by atoms with Gasteiger partial charge in [0, 0.05) is 25.3 Å². The van der Waals surface area contributed by atoms with E-state index in [1.165, 1.54) is 43.4 Å². The Kier molecular flexibility index (Phi) is 6.81. The minimum Gasteiger partial charge on any atom is -0.370 e. The molecule has 2 N–H and O–H groups in total. The van der Waals surface area contributed by atoms with Gasteiger partial charge in [-0.25, -0.2) is 0 Å². The molecule has 0 aromatic heterocycles. The SMILES string of the molecule is CCCCCCC(CN)N(C)c1ccccc1C. The minimum atomic E-state index is 0.461. The first-order valence-corrected chi connectivity index (χ1v) is 7.19. The highest BCUT2D eigenvalue weighted by atomic mass is 15.1. The van der Waals surface area contributed by atoms with Crippen molar-refractivity contribution < 1.29 is 0 Å². The summed E-state index contributed by atoms with van der Waals surface area (Å²) in [6, 6.07) is 9.00. The fourth-order valence-electron chi connectivity index (χ4n) is 2.43. The number of benzene rings is 1. The van der Waals surface area contributed by atoms with Crippen molar-refractivity contribution in [2.75, 3.05) is 18.5 Å². The van der Waals surface area contributed by atoms with E-state index in [1.807, 2.05) is 0 Å². The zero-order valence-electron chi connectivity index (χ0n) is 12.2. The third-order valence-electron chi connectivity index (χ3n) is 3.71. The fraction of sp³-hybridized carbons (Fsp3) is 0.625. The maximum atomic E-state index is 5.93. The molecule has 1 atom stereocenters. The van der Waals surface area contributed by atoms with Crippen molar-refractivity contribution in [3.8, 4) is 0 Å². The van der Waals surface area contributed by atoms with Gasteiger partial charge in [0.2, 0.25) is 0 Å². The van der Waals surface area contributed by atoms with Crippen molar-refractivity contribution in [2.24, 2.45) is 5.73 Å². The normalized spacial score (nSPS) is 12.4. The highest BCUT2D eigenvalue weighted by molar-refractivity contribution is 5.53. The Bertz CT molecular complexity index is 336. The van der Waals surface area contributed by atoms with Gasteiger partial charge in [-0.2, -0.15) is 0 Å². The quantitative estimate of drug-likeness (QED) is 0.710. The molecule has 0 aliphatic rings. The van der Waals surface area contributed by atoms with Crippen LogP contribution < -0.4 is 10.6 Å². The van der Waals surface area contributed by atoms with Gasteiger partial charge in [0.05, 0.1) is 0 Å². The zero-order valence-corrected chi connectivity index (χ0v) is 12.2. The van der Waals surface area contributed by atoms with Crippen LogP contribution in [-0.2, 0) is 0 Å². The Labute approximate surface area is 112 Å². The van der Waals surface area contributed by atoms with E-state index in [9.17, 15) is 0 Å². The van der Waals surface area contributed by atoms with Crippen LogP contribution in [0.15, 0.2) is 24.3 Å². The average Bonchev–Trinajstić information content (AvgIpc) is 2.39. The number of likely N-dealkylation sites (N-methyl/N-ethyl adjacent to an activating group) is 1. The summed E-state index contributed by atoms with van der Waals surface area (Å²) in [6.45, 7) is 5.15. The number of unbranched alkanes of at least 4 members (excludes halogenated alkanes) is 3. The van der Waals surface area contributed by atoms with Crippen LogP contribution in [0, 0.1) is 6.92 Å². The summed E-state index contributed by atoms with van der Waals surface area (Å²) in [4.78, 5) is 2.35. The van der Waals surface area contributed by atoms with Gasteiger partial charge in [0.1, 0.15) is 0 Å². The number of nitrogens with two attached hydrogens (primary N) is 1. The van der Waals surface area contributed by atoms with E-state index in [-0.39, 0.29) is 0 Å². The average molecular weight is 248 g/mol. The lowest BCUT2D eigenvalue weighted by Gasteiger charge is -2.30. The van der Waals surface area contributed by atoms with Crippen molar-refractivity contribution in [1.29, 1.82) is 0 Å². The Hall–Kier alpha value is -1.02. The summed E-state index contributed by atoms with van der Waals surface area (Å²) in [6.07, 6.45) is 6.44. The molecule has 0 aliphatic carbocycles. The third-order valence-corrected chi connectivity index (χ3v) is 3.71. The van der Waals surface area contributed by atoms with E-state index in [0.717, 1.165) is 6.54 Å². The maximum Gasteiger partial charge on any atom is 0.0409 e. The summed E-state index contributed by atoms with van der Waals surface area (Å²) < 4.78 is 0. The number of hydrogen-bond donors (Lipinski definition) is 1. The smallest absolute Gasteiger partial charge is 0.0409 e. The van der Waals surface area contributed by atoms with Gasteiger partial charge in [-0.1, -0.05) is 50.8 Å². The molecule has 0 bridgehead atoms. The van der Waals surface area contributed by atoms with Gasteiger partial charge in [0.25, 0.3) is 0 Å². The molecule has 0 saturated heterocycles. The molecule has 0 aliphatic heterocycles. The fourth-order valence-corrected chi connectivity index (χ4v) is 2.43. The second-order valence-corrected chi connectivity index (χ2v) is 5.14. The maximum absolute atomic E-state index is 5.93. The molecular weight excluding hydrogens is 220 g/mol. The minimum absolute atomic E-state index is 0.461. The predicted molar refractivity (Wildman–Crippen MR) is 81.2 cm³/mol. The number of anilines is 1. The largest absolute Gasteiger partial charge is 0.370 e. The molecule has 0 radical (unpaired) electrons. The van der Waals surface area contributed by atoms with Gasteiger partial charge < -0.3 is 10.6 Å². The number of rotatable bonds is 8. The van der Waals surface area contributed by atoms with Crippen molar-refractivity contribution in [1.82, 2.24) is 0 Å². The van der Waals surface area contributed by atoms with Crippen LogP contribution in [0.1, 0.15) is 44.6 Å². The molecule has 0 amide bonds. The van der Waals surface area contributed by atoms with Crippen molar-refractivity contribution in [3.05, 3.63) is 29.8 Å². The molecule has 0 heterocycles. The molecule has 2 nitrogen and oxygen atoms in total. The third kappa shape index (κ3) is 4.34. The second-order valence-electron chi connectivity index (χ2n) is 5.14. The van der Waals surface area contributed by atoms with Gasteiger partial charge >= 0.3 is 0 Å². The lowest BCUT2D eigenvalue weighted by atomic mass is 10.0. The van der Waals surface area contributed by atoms with E-state index in [4.69, 9.17) is 5.73 Å². The highest BCUT2D eigenvalue weighted by Gasteiger charge is 2.14. The van der Waals surface area contributed by atoms with Crippen LogP contribution in [0.25, 0.3) is 0 Å². The summed E-state index contributed by atoms with van der Waals surface area (Å²) in [5, 5.41) is 0. The van der Waals surface area contributed by atoms with Crippen LogP contribution in [0.4, 0.5) is 5.69 Å². The van der Waals surface area contributed by atoms with Crippen LogP contribution in [0.2, 0.25) is 0 Å². The molecule has 18 heavy (non-hydrogen) atoms. The Morgan fingerprint density at radius 2 is 1.89 bits per heavy atom. The van der Waals surface area contributed by atoms with Gasteiger partial charge in [-0.15, -0.1) is 0 Å². The highest BCUT2D eigenvalue weighted by Crippen LogP contribution is 2.21. The topological polar surface area (TPSA) is 29.3 Å². The summed E-state index contributed by atoms with van der Waals surface area (Å²) in [7, 11) is 2.17. The number of para-hydroxylation sites is 1. The van der Waals surface area contributed by atoms with E-state index in [0.29, 0.717) is 6.04 Å².